The van der Waals surface area contributed by atoms with Crippen LogP contribution in [0, 0.1) is 11.3 Å². The molecule has 2 aliphatic rings. The van der Waals surface area contributed by atoms with Crippen molar-refractivity contribution >= 4 is 6.09 Å². The minimum atomic E-state index is -2.62. The van der Waals surface area contributed by atoms with Crippen molar-refractivity contribution in [2.24, 2.45) is 17.1 Å². The smallest absolute Gasteiger partial charge is 0.410 e. The number of alkyl halides is 2. The molecule has 6 heteroatoms. The minimum Gasteiger partial charge on any atom is -0.444 e. The van der Waals surface area contributed by atoms with Crippen molar-refractivity contribution in [3.8, 4) is 0 Å². The van der Waals surface area contributed by atoms with Crippen LogP contribution in [0.25, 0.3) is 0 Å². The number of piperidine rings is 1. The van der Waals surface area contributed by atoms with E-state index in [2.05, 4.69) is 0 Å². The van der Waals surface area contributed by atoms with E-state index in [-0.39, 0.29) is 25.0 Å². The number of carbonyl (C=O) groups excluding carboxylic acids is 1. The first kappa shape index (κ1) is 15.5. The molecule has 116 valence electrons. The standard InChI is InChI=1S/C14H24F2N2O2/c1-12(2,3)20-11(19)18-6-4-10(5-7-18)13(9-17)8-14(13,15)16/h10H,4-9,17H2,1-3H3. The zero-order chi connectivity index (χ0) is 15.2. The Kier molecular flexibility index (Phi) is 3.73. The summed E-state index contributed by atoms with van der Waals surface area (Å²) in [5.74, 6) is -2.72. The maximum Gasteiger partial charge on any atom is 0.410 e. The van der Waals surface area contributed by atoms with E-state index in [4.69, 9.17) is 10.5 Å². The molecule has 1 atom stereocenters. The first-order chi connectivity index (χ1) is 9.11. The molecule has 1 unspecified atom stereocenters. The summed E-state index contributed by atoms with van der Waals surface area (Å²) in [6, 6.07) is 0. The Bertz CT molecular complexity index is 387. The van der Waals surface area contributed by atoms with Gasteiger partial charge in [0, 0.05) is 26.1 Å². The SMILES string of the molecule is CC(C)(C)OC(=O)N1CCC(C2(CN)CC2(F)F)CC1. The van der Waals surface area contributed by atoms with Crippen LogP contribution in [0.5, 0.6) is 0 Å². The van der Waals surface area contributed by atoms with Gasteiger partial charge in [0.25, 0.3) is 5.92 Å². The van der Waals surface area contributed by atoms with Crippen LogP contribution in [-0.4, -0.2) is 42.2 Å². The first-order valence-corrected chi connectivity index (χ1v) is 7.17. The number of nitrogens with zero attached hydrogens (tertiary/aromatic N) is 1. The number of ether oxygens (including phenoxy) is 1. The number of amides is 1. The number of carbonyl (C=O) groups is 1. The van der Waals surface area contributed by atoms with Crippen molar-refractivity contribution in [1.82, 2.24) is 4.90 Å². The predicted molar refractivity (Wildman–Crippen MR) is 71.6 cm³/mol. The maximum atomic E-state index is 13.5. The Hall–Kier alpha value is -0.910. The van der Waals surface area contributed by atoms with E-state index in [1.54, 1.807) is 4.90 Å². The molecule has 1 aliphatic heterocycles. The van der Waals surface area contributed by atoms with Gasteiger partial charge in [-0.3, -0.25) is 0 Å². The second-order valence-electron chi connectivity index (χ2n) is 6.98. The Morgan fingerprint density at radius 2 is 1.85 bits per heavy atom. The third-order valence-electron chi connectivity index (χ3n) is 4.43. The third-order valence-corrected chi connectivity index (χ3v) is 4.43. The number of likely N-dealkylation sites (tertiary alicyclic amines) is 1. The molecule has 1 heterocycles. The van der Waals surface area contributed by atoms with E-state index in [1.807, 2.05) is 20.8 Å². The highest BCUT2D eigenvalue weighted by atomic mass is 19.3. The average Bonchev–Trinajstić information content (AvgIpc) is 2.91. The van der Waals surface area contributed by atoms with Crippen LogP contribution in [-0.2, 0) is 4.74 Å². The van der Waals surface area contributed by atoms with Gasteiger partial charge in [0.1, 0.15) is 5.60 Å². The fourth-order valence-electron chi connectivity index (χ4n) is 3.12. The van der Waals surface area contributed by atoms with Gasteiger partial charge in [-0.25, -0.2) is 13.6 Å². The van der Waals surface area contributed by atoms with E-state index in [0.717, 1.165) is 0 Å². The molecular weight excluding hydrogens is 266 g/mol. The summed E-state index contributed by atoms with van der Waals surface area (Å²) in [7, 11) is 0. The molecule has 4 nitrogen and oxygen atoms in total. The van der Waals surface area contributed by atoms with Crippen LogP contribution in [0.1, 0.15) is 40.0 Å². The monoisotopic (exact) mass is 290 g/mol. The Labute approximate surface area is 118 Å². The number of nitrogens with two attached hydrogens (primary N) is 1. The Morgan fingerprint density at radius 1 is 1.35 bits per heavy atom. The number of hydrogen-bond donors (Lipinski definition) is 1. The van der Waals surface area contributed by atoms with Crippen LogP contribution < -0.4 is 5.73 Å². The van der Waals surface area contributed by atoms with Gasteiger partial charge in [0.05, 0.1) is 5.41 Å². The Balaban J connectivity index is 1.89. The van der Waals surface area contributed by atoms with E-state index in [0.29, 0.717) is 25.9 Å². The van der Waals surface area contributed by atoms with Crippen molar-refractivity contribution in [1.29, 1.82) is 0 Å². The van der Waals surface area contributed by atoms with E-state index < -0.39 is 16.9 Å². The summed E-state index contributed by atoms with van der Waals surface area (Å²) in [6.07, 6.45) is 0.686. The van der Waals surface area contributed by atoms with Gasteiger partial charge >= 0.3 is 6.09 Å². The molecule has 1 amide bonds. The van der Waals surface area contributed by atoms with Crippen molar-refractivity contribution < 1.29 is 18.3 Å². The summed E-state index contributed by atoms with van der Waals surface area (Å²) in [5, 5.41) is 0. The Morgan fingerprint density at radius 3 is 2.20 bits per heavy atom. The van der Waals surface area contributed by atoms with Crippen molar-refractivity contribution in [2.45, 2.75) is 51.6 Å². The van der Waals surface area contributed by atoms with E-state index in [1.165, 1.54) is 0 Å². The molecule has 0 aromatic carbocycles. The van der Waals surface area contributed by atoms with Crippen LogP contribution >= 0.6 is 0 Å². The molecule has 1 saturated carbocycles. The van der Waals surface area contributed by atoms with E-state index in [9.17, 15) is 13.6 Å². The average molecular weight is 290 g/mol. The zero-order valence-electron chi connectivity index (χ0n) is 12.4. The molecule has 0 aromatic heterocycles. The lowest BCUT2D eigenvalue weighted by molar-refractivity contribution is 0.00189. The maximum absolute atomic E-state index is 13.5. The molecule has 0 aromatic rings. The van der Waals surface area contributed by atoms with Gasteiger partial charge in [-0.15, -0.1) is 0 Å². The molecule has 20 heavy (non-hydrogen) atoms. The predicted octanol–water partition coefficient (Wildman–Crippen LogP) is 2.62. The van der Waals surface area contributed by atoms with Crippen LogP contribution in [0.3, 0.4) is 0 Å². The van der Waals surface area contributed by atoms with Gasteiger partial charge < -0.3 is 15.4 Å². The van der Waals surface area contributed by atoms with Crippen molar-refractivity contribution in [3.63, 3.8) is 0 Å². The highest BCUT2D eigenvalue weighted by molar-refractivity contribution is 5.68. The van der Waals surface area contributed by atoms with Gasteiger partial charge in [-0.05, 0) is 39.5 Å². The van der Waals surface area contributed by atoms with Crippen LogP contribution in [0.2, 0.25) is 0 Å². The molecule has 0 bridgehead atoms. The summed E-state index contributed by atoms with van der Waals surface area (Å²) >= 11 is 0. The summed E-state index contributed by atoms with van der Waals surface area (Å²) in [6.45, 7) is 6.40. The largest absolute Gasteiger partial charge is 0.444 e. The normalized spacial score (nSPS) is 30.2. The van der Waals surface area contributed by atoms with Gasteiger partial charge in [0.2, 0.25) is 0 Å². The van der Waals surface area contributed by atoms with Crippen molar-refractivity contribution in [2.75, 3.05) is 19.6 Å². The van der Waals surface area contributed by atoms with Gasteiger partial charge in [-0.2, -0.15) is 0 Å². The molecule has 1 aliphatic carbocycles. The first-order valence-electron chi connectivity index (χ1n) is 7.17. The highest BCUT2D eigenvalue weighted by Crippen LogP contribution is 2.65. The zero-order valence-corrected chi connectivity index (χ0v) is 12.4. The number of rotatable bonds is 2. The van der Waals surface area contributed by atoms with Gasteiger partial charge in [-0.1, -0.05) is 0 Å². The number of hydrogen-bond acceptors (Lipinski definition) is 3. The van der Waals surface area contributed by atoms with Crippen LogP contribution in [0.4, 0.5) is 13.6 Å². The summed E-state index contributed by atoms with van der Waals surface area (Å²) < 4.78 is 32.4. The fourth-order valence-corrected chi connectivity index (χ4v) is 3.12. The molecule has 2 fully saturated rings. The highest BCUT2D eigenvalue weighted by Gasteiger charge is 2.73. The lowest BCUT2D eigenvalue weighted by Gasteiger charge is -2.36. The molecule has 0 radical (unpaired) electrons. The summed E-state index contributed by atoms with van der Waals surface area (Å²) in [4.78, 5) is 13.5. The van der Waals surface area contributed by atoms with Gasteiger partial charge in [0.15, 0.2) is 0 Å². The molecule has 0 spiro atoms. The second kappa shape index (κ2) is 4.83. The third kappa shape index (κ3) is 2.75. The second-order valence-corrected chi connectivity index (χ2v) is 6.98. The summed E-state index contributed by atoms with van der Waals surface area (Å²) in [5.41, 5.74) is 4.02. The fraction of sp³-hybridized carbons (Fsp3) is 0.929. The molecule has 2 rings (SSSR count). The topological polar surface area (TPSA) is 55.6 Å². The van der Waals surface area contributed by atoms with Crippen molar-refractivity contribution in [3.05, 3.63) is 0 Å². The molecule has 2 N–H and O–H groups in total. The van der Waals surface area contributed by atoms with E-state index >= 15 is 0 Å². The minimum absolute atomic E-state index is 0.0249. The lowest BCUT2D eigenvalue weighted by atomic mass is 9.81. The molecule has 1 saturated heterocycles. The van der Waals surface area contributed by atoms with Crippen LogP contribution in [0.15, 0.2) is 0 Å². The quantitative estimate of drug-likeness (QED) is 0.850. The number of halogens is 2. The lowest BCUT2D eigenvalue weighted by Crippen LogP contribution is -2.45. The molecular formula is C14H24F2N2O2.